The number of hydrogen-bond donors (Lipinski definition) is 6. The van der Waals surface area contributed by atoms with Crippen LogP contribution in [0.3, 0.4) is 0 Å². The number of esters is 1. The van der Waals surface area contributed by atoms with Crippen LogP contribution in [0.1, 0.15) is 133 Å². The van der Waals surface area contributed by atoms with Crippen molar-refractivity contribution >= 4 is 34.4 Å². The molecule has 1 unspecified atom stereocenters. The minimum Gasteiger partial charge on any atom is -0.496 e. The van der Waals surface area contributed by atoms with Gasteiger partial charge in [-0.05, 0) is 87.1 Å². The second-order valence-corrected chi connectivity index (χ2v) is 21.7. The third-order valence-electron chi connectivity index (χ3n) is 18.1. The number of methoxy groups -OCH3 is 2. The second-order valence-electron chi connectivity index (χ2n) is 21.7. The highest BCUT2D eigenvalue weighted by Crippen LogP contribution is 2.67. The zero-order chi connectivity index (χ0) is 48.9. The lowest BCUT2D eigenvalue weighted by molar-refractivity contribution is -0.203. The number of nitrogens with zero attached hydrogens (tertiary/aromatic N) is 3. The maximum Gasteiger partial charge on any atom is 0.322 e. The molecule has 9 rings (SSSR count). The molecule has 1 aliphatic carbocycles. The summed E-state index contributed by atoms with van der Waals surface area (Å²) in [6.45, 7) is 7.80. The molecule has 1 aromatic heterocycles. The van der Waals surface area contributed by atoms with Crippen LogP contribution in [0.5, 0.6) is 5.75 Å². The Hall–Kier alpha value is -4.47. The Bertz CT molecular complexity index is 2440. The first-order valence-corrected chi connectivity index (χ1v) is 26.1. The van der Waals surface area contributed by atoms with Crippen molar-refractivity contribution in [3.63, 3.8) is 0 Å². The number of carboxylic acid groups (broad SMARTS) is 1. The van der Waals surface area contributed by atoms with E-state index in [1.165, 1.54) is 7.11 Å². The van der Waals surface area contributed by atoms with Gasteiger partial charge in [-0.2, -0.15) is 0 Å². The van der Waals surface area contributed by atoms with Crippen LogP contribution in [0.4, 0.5) is 5.69 Å². The first-order chi connectivity index (χ1) is 33.2. The fraction of sp³-hybridized carbons (Fsp3) is 0.655. The summed E-state index contributed by atoms with van der Waals surface area (Å²) in [6, 6.07) is 11.2. The molecule has 2 aromatic carbocycles. The summed E-state index contributed by atoms with van der Waals surface area (Å²) in [7, 11) is 5.00. The number of fused-ring (bicyclic) bond motifs is 6. The van der Waals surface area contributed by atoms with E-state index in [0.29, 0.717) is 89.1 Å². The molecule has 10 atom stereocenters. The number of carbonyl (C=O) groups excluding carboxylic acids is 2. The van der Waals surface area contributed by atoms with Gasteiger partial charge in [0.15, 0.2) is 5.60 Å². The number of carbonyl (C=O) groups is 3. The minimum absolute atomic E-state index is 0.0922. The van der Waals surface area contributed by atoms with E-state index in [0.717, 1.165) is 91.2 Å². The van der Waals surface area contributed by atoms with Gasteiger partial charge < -0.3 is 45.1 Å². The predicted octanol–water partition coefficient (Wildman–Crippen LogP) is 6.35. The SMILES string of the molecule is CC[C@]1(O)C[C@H]2CN(CCc3c([nH]c4ccccc34)[C@](C(=O)OC)(c3cc4c(cc3OC)N(C)[C@@H]3[C@](O)(C(=O)NCCCCCCCCCCCC(=O)O)[C@H](O)[C@]5(CC)C=CCN6CC[C@@]43[C@@H]65)C2)C1. The fourth-order valence-corrected chi connectivity index (χ4v) is 15.0. The predicted molar refractivity (Wildman–Crippen MR) is 266 cm³/mol. The summed E-state index contributed by atoms with van der Waals surface area (Å²) in [6.07, 6.45) is 14.7. The molecule has 5 aliphatic heterocycles. The Morgan fingerprint density at radius 3 is 2.32 bits per heavy atom. The van der Waals surface area contributed by atoms with Gasteiger partial charge in [0.05, 0.1) is 25.9 Å². The van der Waals surface area contributed by atoms with Crippen molar-refractivity contribution in [2.75, 3.05) is 65.4 Å². The molecular weight excluding hydrogens is 875 g/mol. The van der Waals surface area contributed by atoms with Crippen molar-refractivity contribution in [3.8, 4) is 5.75 Å². The Kier molecular flexibility index (Phi) is 13.8. The number of aromatic nitrogens is 1. The van der Waals surface area contributed by atoms with Crippen molar-refractivity contribution in [3.05, 3.63) is 70.9 Å². The van der Waals surface area contributed by atoms with Crippen LogP contribution >= 0.6 is 0 Å². The zero-order valence-electron chi connectivity index (χ0n) is 41.7. The van der Waals surface area contributed by atoms with Crippen molar-refractivity contribution in [1.29, 1.82) is 0 Å². The number of aromatic amines is 1. The number of piperidine rings is 1. The second kappa shape index (κ2) is 19.3. The molecule has 3 fully saturated rings. The van der Waals surface area contributed by atoms with E-state index in [-0.39, 0.29) is 18.4 Å². The van der Waals surface area contributed by atoms with Crippen LogP contribution in [-0.4, -0.2) is 143 Å². The number of anilines is 1. The van der Waals surface area contributed by atoms with E-state index < -0.39 is 57.4 Å². The molecule has 1 spiro atoms. The number of amides is 1. The van der Waals surface area contributed by atoms with Crippen molar-refractivity contribution in [2.45, 2.75) is 157 Å². The minimum atomic E-state index is -2.23. The number of H-pyrrole nitrogens is 1. The molecule has 0 radical (unpaired) electrons. The third kappa shape index (κ3) is 7.90. The van der Waals surface area contributed by atoms with Crippen LogP contribution in [0.2, 0.25) is 0 Å². The third-order valence-corrected chi connectivity index (χ3v) is 18.1. The standard InChI is InChI=1S/C55H77N5O9/c1-6-51(66)32-36-33-54(50(65)69-5,45-38(23-28-59(34-36)35-51)37-20-16-17-21-41(37)57-45)40-30-39-42(31-43(40)68-4)58(3)47-53(39)25-29-60-27-19-24-52(7-2,46(53)60)48(63)55(47,67)49(64)56-26-18-14-12-10-8-9-11-13-15-22-44(61)62/h16-17,19-21,24,30-31,36,46-48,57,63,66-67H,6-15,18,22-23,25-29,32-35H2,1-5H3,(H,56,64)(H,61,62)/t36-,46+,47+,48-,51+,52-,53+,54-,55-/m1/s1. The monoisotopic (exact) mass is 952 g/mol. The number of carboxylic acids is 1. The van der Waals surface area contributed by atoms with E-state index in [2.05, 4.69) is 50.5 Å². The topological polar surface area (TPSA) is 188 Å². The number of aliphatic hydroxyl groups excluding tert-OH is 1. The lowest BCUT2D eigenvalue weighted by Crippen LogP contribution is -2.81. The largest absolute Gasteiger partial charge is 0.496 e. The number of nitrogens with one attached hydrogen (secondary N) is 2. The highest BCUT2D eigenvalue weighted by atomic mass is 16.5. The lowest BCUT2D eigenvalue weighted by atomic mass is 9.47. The van der Waals surface area contributed by atoms with Crippen LogP contribution in [0.25, 0.3) is 10.9 Å². The highest BCUT2D eigenvalue weighted by Gasteiger charge is 2.78. The number of para-hydroxylation sites is 1. The quantitative estimate of drug-likeness (QED) is 0.0472. The average Bonchev–Trinajstić information content (AvgIpc) is 4.01. The number of benzene rings is 2. The summed E-state index contributed by atoms with van der Waals surface area (Å²) >= 11 is 0. The number of aliphatic carboxylic acids is 1. The fourth-order valence-electron chi connectivity index (χ4n) is 15.0. The smallest absolute Gasteiger partial charge is 0.322 e. The van der Waals surface area contributed by atoms with Gasteiger partial charge in [-0.3, -0.25) is 24.2 Å². The molecular formula is C55H77N5O9. The Morgan fingerprint density at radius 2 is 1.62 bits per heavy atom. The number of rotatable bonds is 18. The molecule has 2 bridgehead atoms. The molecule has 6 aliphatic rings. The van der Waals surface area contributed by atoms with Crippen molar-refractivity contribution < 1.29 is 44.3 Å². The zero-order valence-corrected chi connectivity index (χ0v) is 41.7. The van der Waals surface area contributed by atoms with Gasteiger partial charge in [0.1, 0.15) is 17.3 Å². The number of hydrogen-bond acceptors (Lipinski definition) is 11. The maximum atomic E-state index is 15.5. The molecule has 6 N–H and O–H groups in total. The first kappa shape index (κ1) is 49.5. The van der Waals surface area contributed by atoms with E-state index in [4.69, 9.17) is 14.6 Å². The molecule has 2 saturated heterocycles. The van der Waals surface area contributed by atoms with E-state index in [1.807, 2.05) is 44.0 Å². The van der Waals surface area contributed by atoms with Crippen LogP contribution in [-0.2, 0) is 36.4 Å². The number of likely N-dealkylation sites (N-methyl/N-ethyl adjacent to an activating group) is 1. The highest BCUT2D eigenvalue weighted by molar-refractivity contribution is 5.95. The van der Waals surface area contributed by atoms with Gasteiger partial charge in [0.25, 0.3) is 5.91 Å². The molecule has 1 amide bonds. The number of unbranched alkanes of at least 4 members (excludes halogenated alkanes) is 8. The van der Waals surface area contributed by atoms with Crippen molar-refractivity contribution in [2.24, 2.45) is 11.3 Å². The van der Waals surface area contributed by atoms with Crippen LogP contribution < -0.4 is 15.0 Å². The Labute approximate surface area is 407 Å². The van der Waals surface area contributed by atoms with Crippen molar-refractivity contribution in [1.82, 2.24) is 20.1 Å². The molecule has 3 aromatic rings. The average molecular weight is 952 g/mol. The molecule has 14 heteroatoms. The summed E-state index contributed by atoms with van der Waals surface area (Å²) in [4.78, 5) is 51.9. The van der Waals surface area contributed by atoms with Crippen LogP contribution in [0, 0.1) is 11.3 Å². The van der Waals surface area contributed by atoms with E-state index in [9.17, 15) is 20.1 Å². The molecule has 1 saturated carbocycles. The first-order valence-electron chi connectivity index (χ1n) is 26.1. The maximum absolute atomic E-state index is 15.5. The van der Waals surface area contributed by atoms with Gasteiger partial charge in [0, 0.05) is 97.0 Å². The van der Waals surface area contributed by atoms with Gasteiger partial charge in [-0.25, -0.2) is 0 Å². The summed E-state index contributed by atoms with van der Waals surface area (Å²) in [5.41, 5.74) is -1.34. The normalized spacial score (nSPS) is 33.4. The molecule has 69 heavy (non-hydrogen) atoms. The van der Waals surface area contributed by atoms with Gasteiger partial charge >= 0.3 is 11.9 Å². The number of ether oxygens (including phenoxy) is 2. The lowest BCUT2D eigenvalue weighted by Gasteiger charge is -2.63. The van der Waals surface area contributed by atoms with Crippen LogP contribution in [0.15, 0.2) is 48.6 Å². The molecule has 376 valence electrons. The summed E-state index contributed by atoms with van der Waals surface area (Å²) < 4.78 is 12.4. The molecule has 14 nitrogen and oxygen atoms in total. The molecule has 6 heterocycles. The van der Waals surface area contributed by atoms with Gasteiger partial charge in [-0.15, -0.1) is 0 Å². The van der Waals surface area contributed by atoms with E-state index in [1.54, 1.807) is 7.11 Å². The number of aliphatic hydroxyl groups is 3. The van der Waals surface area contributed by atoms with E-state index >= 15 is 9.59 Å². The Balaban J connectivity index is 1.12. The van der Waals surface area contributed by atoms with Gasteiger partial charge in [0.2, 0.25) is 0 Å². The summed E-state index contributed by atoms with van der Waals surface area (Å²) in [5, 5.41) is 51.6. The van der Waals surface area contributed by atoms with Gasteiger partial charge in [-0.1, -0.05) is 89.1 Å². The summed E-state index contributed by atoms with van der Waals surface area (Å²) in [5.74, 6) is -1.35. The Morgan fingerprint density at radius 1 is 0.899 bits per heavy atom.